The van der Waals surface area contributed by atoms with Crippen molar-refractivity contribution in [2.45, 2.75) is 13.5 Å². The number of benzene rings is 1. The molecule has 0 radical (unpaired) electrons. The molecule has 0 N–H and O–H groups in total. The number of anilines is 1. The van der Waals surface area contributed by atoms with E-state index < -0.39 is 0 Å². The van der Waals surface area contributed by atoms with E-state index in [1.807, 2.05) is 6.07 Å². The van der Waals surface area contributed by atoms with E-state index >= 15 is 0 Å². The Bertz CT molecular complexity index is 727. The minimum Gasteiger partial charge on any atom is -0.351 e. The maximum Gasteiger partial charge on any atom is 0.141 e. The van der Waals surface area contributed by atoms with Crippen LogP contribution in [0.15, 0.2) is 42.7 Å². The Balaban J connectivity index is 1.99. The summed E-state index contributed by atoms with van der Waals surface area (Å²) in [5.41, 5.74) is 1.29. The maximum absolute atomic E-state index is 4.54. The molecule has 3 aromatic rings. The first-order valence-electron chi connectivity index (χ1n) is 6.84. The Labute approximate surface area is 136 Å². The molecule has 3 rings (SSSR count). The van der Waals surface area contributed by atoms with Crippen LogP contribution in [0.4, 0.5) is 5.82 Å². The lowest BCUT2D eigenvalue weighted by Gasteiger charge is -2.23. The highest BCUT2D eigenvalue weighted by atomic mass is 79.9. The Morgan fingerprint density at radius 1 is 1.19 bits per heavy atom. The molecule has 2 aromatic heterocycles. The second-order valence-corrected chi connectivity index (χ2v) is 6.90. The second kappa shape index (κ2) is 6.54. The molecule has 0 saturated carbocycles. The maximum atomic E-state index is 4.54. The molecule has 3 nitrogen and oxygen atoms in total. The van der Waals surface area contributed by atoms with Crippen molar-refractivity contribution in [3.05, 3.63) is 53.2 Å². The predicted molar refractivity (Wildman–Crippen MR) is 93.4 cm³/mol. The Kier molecular flexibility index (Phi) is 4.51. The van der Waals surface area contributed by atoms with Crippen molar-refractivity contribution in [2.24, 2.45) is 0 Å². The molecule has 0 aliphatic heterocycles. The van der Waals surface area contributed by atoms with Gasteiger partial charge < -0.3 is 4.90 Å². The van der Waals surface area contributed by atoms with E-state index in [4.69, 9.17) is 0 Å². The van der Waals surface area contributed by atoms with Crippen molar-refractivity contribution in [1.82, 2.24) is 9.97 Å². The molecule has 0 unspecified atom stereocenters. The summed E-state index contributed by atoms with van der Waals surface area (Å²) in [5, 5.41) is 2.06. The third kappa shape index (κ3) is 3.24. The normalized spacial score (nSPS) is 11.0. The third-order valence-electron chi connectivity index (χ3n) is 3.30. The van der Waals surface area contributed by atoms with Crippen LogP contribution >= 0.6 is 27.3 Å². The predicted octanol–water partition coefficient (Wildman–Crippen LogP) is 4.40. The van der Waals surface area contributed by atoms with Crippen LogP contribution in [0.2, 0.25) is 0 Å². The first-order valence-corrected chi connectivity index (χ1v) is 8.77. The van der Waals surface area contributed by atoms with Crippen molar-refractivity contribution >= 4 is 43.3 Å². The molecule has 0 spiro atoms. The van der Waals surface area contributed by atoms with Gasteiger partial charge in [0, 0.05) is 23.3 Å². The smallest absolute Gasteiger partial charge is 0.141 e. The van der Waals surface area contributed by atoms with E-state index in [1.54, 1.807) is 17.7 Å². The fraction of sp³-hybridized carbons (Fsp3) is 0.250. The molecular formula is C16H16BrN3S. The monoisotopic (exact) mass is 361 g/mol. The van der Waals surface area contributed by atoms with Gasteiger partial charge in [-0.05, 0) is 18.6 Å². The minimum atomic E-state index is 0.855. The van der Waals surface area contributed by atoms with E-state index in [9.17, 15) is 0 Å². The summed E-state index contributed by atoms with van der Waals surface area (Å²) in [6.45, 7) is 3.88. The second-order valence-electron chi connectivity index (χ2n) is 4.87. The Morgan fingerprint density at radius 2 is 2.00 bits per heavy atom. The number of fused-ring (bicyclic) bond motifs is 1. The van der Waals surface area contributed by atoms with Crippen LogP contribution in [-0.4, -0.2) is 21.8 Å². The molecule has 0 atom stereocenters. The van der Waals surface area contributed by atoms with Gasteiger partial charge in [0.25, 0.3) is 0 Å². The average molecular weight is 362 g/mol. The number of aromatic nitrogens is 2. The lowest BCUT2D eigenvalue weighted by Crippen LogP contribution is -2.25. The van der Waals surface area contributed by atoms with Gasteiger partial charge in [-0.1, -0.05) is 46.3 Å². The van der Waals surface area contributed by atoms with Crippen LogP contribution in [0.3, 0.4) is 0 Å². The lowest BCUT2D eigenvalue weighted by molar-refractivity contribution is 0.824. The topological polar surface area (TPSA) is 29.0 Å². The van der Waals surface area contributed by atoms with E-state index in [0.717, 1.165) is 34.5 Å². The molecule has 21 heavy (non-hydrogen) atoms. The van der Waals surface area contributed by atoms with Crippen LogP contribution < -0.4 is 4.90 Å². The van der Waals surface area contributed by atoms with Crippen LogP contribution in [0.5, 0.6) is 0 Å². The van der Waals surface area contributed by atoms with Crippen molar-refractivity contribution < 1.29 is 0 Å². The highest BCUT2D eigenvalue weighted by Gasteiger charge is 2.14. The molecule has 0 saturated heterocycles. The lowest BCUT2D eigenvalue weighted by atomic mass is 10.2. The van der Waals surface area contributed by atoms with E-state index in [1.165, 1.54) is 10.4 Å². The van der Waals surface area contributed by atoms with Gasteiger partial charge in [-0.2, -0.15) is 0 Å². The molecule has 2 heterocycles. The van der Waals surface area contributed by atoms with Gasteiger partial charge in [-0.3, -0.25) is 0 Å². The Morgan fingerprint density at radius 3 is 2.76 bits per heavy atom. The summed E-state index contributed by atoms with van der Waals surface area (Å²) in [7, 11) is 0. The zero-order chi connectivity index (χ0) is 14.7. The fourth-order valence-electron chi connectivity index (χ4n) is 2.38. The largest absolute Gasteiger partial charge is 0.351 e. The number of halogens is 1. The summed E-state index contributed by atoms with van der Waals surface area (Å²) in [6, 6.07) is 12.7. The molecule has 5 heteroatoms. The van der Waals surface area contributed by atoms with Crippen molar-refractivity contribution in [3.8, 4) is 0 Å². The SMILES string of the molecule is Cc1cc2c(N(CCBr)Cc3ccccc3)ncnc2s1. The highest BCUT2D eigenvalue weighted by molar-refractivity contribution is 9.09. The van der Waals surface area contributed by atoms with Crippen molar-refractivity contribution in [3.63, 3.8) is 0 Å². The van der Waals surface area contributed by atoms with Crippen LogP contribution in [0.1, 0.15) is 10.4 Å². The van der Waals surface area contributed by atoms with Crippen LogP contribution in [0, 0.1) is 6.92 Å². The van der Waals surface area contributed by atoms with Gasteiger partial charge in [0.05, 0.1) is 5.39 Å². The first-order chi connectivity index (χ1) is 10.3. The standard InChI is InChI=1S/C16H16BrN3S/c1-12-9-14-15(18-11-19-16(14)21-12)20(8-7-17)10-13-5-3-2-4-6-13/h2-6,9,11H,7-8,10H2,1H3. The quantitative estimate of drug-likeness (QED) is 0.630. The molecule has 108 valence electrons. The number of rotatable bonds is 5. The minimum absolute atomic E-state index is 0.855. The third-order valence-corrected chi connectivity index (χ3v) is 4.61. The van der Waals surface area contributed by atoms with E-state index in [0.29, 0.717) is 0 Å². The van der Waals surface area contributed by atoms with Gasteiger partial charge >= 0.3 is 0 Å². The van der Waals surface area contributed by atoms with Crippen LogP contribution in [0.25, 0.3) is 10.2 Å². The summed E-state index contributed by atoms with van der Waals surface area (Å²) in [5.74, 6) is 1.02. The molecule has 0 bridgehead atoms. The van der Waals surface area contributed by atoms with Gasteiger partial charge in [0.15, 0.2) is 0 Å². The van der Waals surface area contributed by atoms with Crippen molar-refractivity contribution in [1.29, 1.82) is 0 Å². The number of thiophene rings is 1. The highest BCUT2D eigenvalue weighted by Crippen LogP contribution is 2.30. The summed E-state index contributed by atoms with van der Waals surface area (Å²) in [6.07, 6.45) is 1.67. The summed E-state index contributed by atoms with van der Waals surface area (Å²) < 4.78 is 0. The van der Waals surface area contributed by atoms with E-state index in [-0.39, 0.29) is 0 Å². The molecule has 0 amide bonds. The summed E-state index contributed by atoms with van der Waals surface area (Å²) >= 11 is 5.27. The van der Waals surface area contributed by atoms with Gasteiger partial charge in [0.1, 0.15) is 17.0 Å². The number of alkyl halides is 1. The summed E-state index contributed by atoms with van der Waals surface area (Å²) in [4.78, 5) is 13.6. The van der Waals surface area contributed by atoms with E-state index in [2.05, 4.69) is 68.1 Å². The molecular weight excluding hydrogens is 346 g/mol. The fourth-order valence-corrected chi connectivity index (χ4v) is 3.65. The number of aryl methyl sites for hydroxylation is 1. The number of hydrogen-bond acceptors (Lipinski definition) is 4. The zero-order valence-electron chi connectivity index (χ0n) is 11.8. The molecule has 0 aliphatic rings. The molecule has 0 aliphatic carbocycles. The molecule has 1 aromatic carbocycles. The van der Waals surface area contributed by atoms with Gasteiger partial charge in [-0.25, -0.2) is 9.97 Å². The Hall–Kier alpha value is -1.46. The number of nitrogens with zero attached hydrogens (tertiary/aromatic N) is 3. The van der Waals surface area contributed by atoms with Gasteiger partial charge in [0.2, 0.25) is 0 Å². The average Bonchev–Trinajstić information content (AvgIpc) is 2.88. The van der Waals surface area contributed by atoms with Gasteiger partial charge in [-0.15, -0.1) is 11.3 Å². The van der Waals surface area contributed by atoms with Crippen LogP contribution in [-0.2, 0) is 6.54 Å². The number of hydrogen-bond donors (Lipinski definition) is 0. The zero-order valence-corrected chi connectivity index (χ0v) is 14.2. The molecule has 0 fully saturated rings. The first kappa shape index (κ1) is 14.5. The van der Waals surface area contributed by atoms with Crippen molar-refractivity contribution in [2.75, 3.05) is 16.8 Å².